The van der Waals surface area contributed by atoms with Crippen LogP contribution in [0.5, 0.6) is 0 Å². The Morgan fingerprint density at radius 2 is 2.00 bits per heavy atom. The third-order valence-corrected chi connectivity index (χ3v) is 4.00. The van der Waals surface area contributed by atoms with Crippen LogP contribution >= 0.6 is 0 Å². The number of aryl methyl sites for hydroxylation is 1. The van der Waals surface area contributed by atoms with Crippen LogP contribution in [0.15, 0.2) is 23.1 Å². The monoisotopic (exact) mass is 298 g/mol. The van der Waals surface area contributed by atoms with E-state index in [1.165, 1.54) is 25.1 Å². The fraction of sp³-hybridized carbons (Fsp3) is 0.400. The minimum absolute atomic E-state index is 0.0750. The Balaban J connectivity index is 2.95. The quantitative estimate of drug-likeness (QED) is 0.716. The van der Waals surface area contributed by atoms with Crippen molar-refractivity contribution >= 4 is 15.7 Å². The van der Waals surface area contributed by atoms with Crippen molar-refractivity contribution in [3.8, 4) is 0 Å². The molecule has 1 aromatic rings. The van der Waals surface area contributed by atoms with Gasteiger partial charge in [0.2, 0.25) is 10.0 Å². The second-order valence-corrected chi connectivity index (χ2v) is 5.61. The summed E-state index contributed by atoms with van der Waals surface area (Å²) < 4.78 is 61.6. The largest absolute Gasteiger partial charge is 0.415 e. The molecule has 0 aliphatic rings. The maximum absolute atomic E-state index is 12.1. The number of rotatable bonds is 4. The number of aliphatic hydroxyl groups is 1. The van der Waals surface area contributed by atoms with E-state index in [4.69, 9.17) is 10.8 Å². The van der Waals surface area contributed by atoms with Crippen LogP contribution in [0.2, 0.25) is 0 Å². The first-order valence-corrected chi connectivity index (χ1v) is 6.63. The van der Waals surface area contributed by atoms with Gasteiger partial charge in [-0.05, 0) is 18.6 Å². The van der Waals surface area contributed by atoms with Gasteiger partial charge in [-0.3, -0.25) is 0 Å². The number of aliphatic hydroxyl groups excluding tert-OH is 1. The standard InChI is InChI=1S/C10H13F3N2O3S/c1-6-3-2-4-7(14)9(6)19(17,18)15-5-8(16)10(11,12)13/h2-4,8,15-16H,5,14H2,1H3. The van der Waals surface area contributed by atoms with Crippen LogP contribution in [0.4, 0.5) is 18.9 Å². The molecule has 1 unspecified atom stereocenters. The number of nitrogens with one attached hydrogen (secondary N) is 1. The number of hydrogen-bond donors (Lipinski definition) is 3. The molecule has 0 bridgehead atoms. The van der Waals surface area contributed by atoms with E-state index >= 15 is 0 Å². The lowest BCUT2D eigenvalue weighted by molar-refractivity contribution is -0.200. The molecule has 0 amide bonds. The Morgan fingerprint density at radius 1 is 1.42 bits per heavy atom. The molecule has 1 atom stereocenters. The van der Waals surface area contributed by atoms with Crippen molar-refractivity contribution in [2.75, 3.05) is 12.3 Å². The smallest absolute Gasteiger partial charge is 0.398 e. The molecular formula is C10H13F3N2O3S. The van der Waals surface area contributed by atoms with Gasteiger partial charge in [-0.15, -0.1) is 0 Å². The Labute approximate surface area is 108 Å². The molecule has 108 valence electrons. The van der Waals surface area contributed by atoms with Crippen molar-refractivity contribution in [3.63, 3.8) is 0 Å². The molecule has 0 saturated heterocycles. The Hall–Kier alpha value is -1.32. The van der Waals surface area contributed by atoms with Gasteiger partial charge in [0.25, 0.3) is 0 Å². The van der Waals surface area contributed by atoms with Gasteiger partial charge in [0, 0.05) is 6.54 Å². The van der Waals surface area contributed by atoms with E-state index in [1.54, 1.807) is 4.72 Å². The van der Waals surface area contributed by atoms with Gasteiger partial charge in [-0.2, -0.15) is 13.2 Å². The lowest BCUT2D eigenvalue weighted by Gasteiger charge is -2.16. The average Bonchev–Trinajstić information content (AvgIpc) is 2.24. The number of nitrogen functional groups attached to an aromatic ring is 1. The van der Waals surface area contributed by atoms with E-state index in [2.05, 4.69) is 0 Å². The fourth-order valence-corrected chi connectivity index (χ4v) is 2.81. The molecule has 1 aromatic carbocycles. The number of anilines is 1. The number of alkyl halides is 3. The van der Waals surface area contributed by atoms with Gasteiger partial charge < -0.3 is 10.8 Å². The molecule has 0 spiro atoms. The van der Waals surface area contributed by atoms with Gasteiger partial charge in [0.05, 0.1) is 5.69 Å². The van der Waals surface area contributed by atoms with Crippen LogP contribution < -0.4 is 10.5 Å². The first-order valence-electron chi connectivity index (χ1n) is 5.15. The summed E-state index contributed by atoms with van der Waals surface area (Å²) in [4.78, 5) is -0.288. The summed E-state index contributed by atoms with van der Waals surface area (Å²) >= 11 is 0. The number of halogens is 3. The summed E-state index contributed by atoms with van der Waals surface area (Å²) in [6, 6.07) is 4.31. The number of benzene rings is 1. The zero-order chi connectivity index (χ0) is 14.8. The number of sulfonamides is 1. The summed E-state index contributed by atoms with van der Waals surface area (Å²) in [7, 11) is -4.21. The Bertz CT molecular complexity index is 537. The van der Waals surface area contributed by atoms with E-state index in [0.29, 0.717) is 5.56 Å². The second kappa shape index (κ2) is 5.35. The van der Waals surface area contributed by atoms with Gasteiger partial charge in [-0.25, -0.2) is 13.1 Å². The van der Waals surface area contributed by atoms with E-state index in [1.807, 2.05) is 0 Å². The lowest BCUT2D eigenvalue weighted by atomic mass is 10.2. The average molecular weight is 298 g/mol. The van der Waals surface area contributed by atoms with E-state index < -0.39 is 28.8 Å². The fourth-order valence-electron chi connectivity index (χ4n) is 1.42. The maximum atomic E-state index is 12.1. The molecule has 0 aliphatic heterocycles. The van der Waals surface area contributed by atoms with E-state index in [9.17, 15) is 21.6 Å². The molecule has 1 rings (SSSR count). The summed E-state index contributed by atoms with van der Waals surface area (Å²) in [5.41, 5.74) is 5.72. The van der Waals surface area contributed by atoms with E-state index in [-0.39, 0.29) is 10.6 Å². The van der Waals surface area contributed by atoms with Gasteiger partial charge in [0.15, 0.2) is 6.10 Å². The van der Waals surface area contributed by atoms with Crippen molar-refractivity contribution < 1.29 is 26.7 Å². The highest BCUT2D eigenvalue weighted by Gasteiger charge is 2.38. The number of hydrogen-bond acceptors (Lipinski definition) is 4. The molecule has 0 radical (unpaired) electrons. The van der Waals surface area contributed by atoms with Gasteiger partial charge in [-0.1, -0.05) is 12.1 Å². The zero-order valence-corrected chi connectivity index (χ0v) is 10.7. The van der Waals surface area contributed by atoms with Gasteiger partial charge >= 0.3 is 6.18 Å². The third kappa shape index (κ3) is 3.82. The topological polar surface area (TPSA) is 92.4 Å². The van der Waals surface area contributed by atoms with Gasteiger partial charge in [0.1, 0.15) is 4.90 Å². The summed E-state index contributed by atoms with van der Waals surface area (Å²) in [6.45, 7) is 0.296. The first-order chi connectivity index (χ1) is 8.55. The van der Waals surface area contributed by atoms with Crippen LogP contribution in [-0.4, -0.2) is 32.3 Å². The predicted molar refractivity (Wildman–Crippen MR) is 62.8 cm³/mol. The Morgan fingerprint density at radius 3 is 2.47 bits per heavy atom. The summed E-state index contributed by atoms with van der Waals surface area (Å²) in [6.07, 6.45) is -7.66. The molecule has 0 saturated carbocycles. The highest BCUT2D eigenvalue weighted by molar-refractivity contribution is 7.89. The maximum Gasteiger partial charge on any atom is 0.415 e. The molecule has 5 nitrogen and oxygen atoms in total. The van der Waals surface area contributed by atoms with E-state index in [0.717, 1.165) is 0 Å². The summed E-state index contributed by atoms with van der Waals surface area (Å²) in [5.74, 6) is 0. The normalized spacial score (nSPS) is 14.4. The number of nitrogens with two attached hydrogens (primary N) is 1. The summed E-state index contributed by atoms with van der Waals surface area (Å²) in [5, 5.41) is 8.75. The van der Waals surface area contributed by atoms with Crippen molar-refractivity contribution in [1.82, 2.24) is 4.72 Å². The molecular weight excluding hydrogens is 285 g/mol. The molecule has 19 heavy (non-hydrogen) atoms. The molecule has 0 heterocycles. The van der Waals surface area contributed by atoms with Crippen LogP contribution in [0, 0.1) is 6.92 Å². The highest BCUT2D eigenvalue weighted by atomic mass is 32.2. The molecule has 4 N–H and O–H groups in total. The van der Waals surface area contributed by atoms with Crippen LogP contribution in [0.25, 0.3) is 0 Å². The van der Waals surface area contributed by atoms with Crippen molar-refractivity contribution in [2.45, 2.75) is 24.1 Å². The van der Waals surface area contributed by atoms with Crippen molar-refractivity contribution in [2.24, 2.45) is 0 Å². The second-order valence-electron chi connectivity index (χ2n) is 3.90. The molecule has 0 aliphatic carbocycles. The highest BCUT2D eigenvalue weighted by Crippen LogP contribution is 2.23. The first kappa shape index (κ1) is 15.7. The predicted octanol–water partition coefficient (Wildman–Crippen LogP) is 0.779. The zero-order valence-electron chi connectivity index (χ0n) is 9.90. The Kier molecular flexibility index (Phi) is 4.43. The third-order valence-electron chi connectivity index (χ3n) is 2.36. The van der Waals surface area contributed by atoms with Crippen LogP contribution in [0.3, 0.4) is 0 Å². The SMILES string of the molecule is Cc1cccc(N)c1S(=O)(=O)NCC(O)C(F)(F)F. The van der Waals surface area contributed by atoms with Crippen LogP contribution in [-0.2, 0) is 10.0 Å². The lowest BCUT2D eigenvalue weighted by Crippen LogP contribution is -2.40. The molecule has 0 fully saturated rings. The molecule has 0 aromatic heterocycles. The van der Waals surface area contributed by atoms with Crippen LogP contribution in [0.1, 0.15) is 5.56 Å². The van der Waals surface area contributed by atoms with Crippen molar-refractivity contribution in [1.29, 1.82) is 0 Å². The van der Waals surface area contributed by atoms with Crippen molar-refractivity contribution in [3.05, 3.63) is 23.8 Å². The molecule has 9 heteroatoms. The minimum Gasteiger partial charge on any atom is -0.398 e. The minimum atomic E-state index is -4.89.